The largest absolute Gasteiger partial charge is 0.370 e. The molecule has 0 bridgehead atoms. The van der Waals surface area contributed by atoms with E-state index in [0.717, 1.165) is 13.0 Å². The molecule has 15 heavy (non-hydrogen) atoms. The zero-order valence-corrected chi connectivity index (χ0v) is 9.25. The SMILES string of the molecule is Cc1ccc(C2CCN=C(N)N2)cc1C. The third-order valence-electron chi connectivity index (χ3n) is 2.96. The molecule has 1 unspecified atom stereocenters. The lowest BCUT2D eigenvalue weighted by atomic mass is 9.98. The van der Waals surface area contributed by atoms with Crippen LogP contribution in [0.2, 0.25) is 0 Å². The summed E-state index contributed by atoms with van der Waals surface area (Å²) in [7, 11) is 0. The zero-order valence-electron chi connectivity index (χ0n) is 9.25. The fourth-order valence-corrected chi connectivity index (χ4v) is 1.84. The maximum absolute atomic E-state index is 5.67. The van der Waals surface area contributed by atoms with E-state index in [9.17, 15) is 0 Å². The second-order valence-corrected chi connectivity index (χ2v) is 4.10. The Bertz CT molecular complexity index is 396. The molecule has 0 fully saturated rings. The first-order valence-electron chi connectivity index (χ1n) is 5.30. The highest BCUT2D eigenvalue weighted by Gasteiger charge is 2.15. The van der Waals surface area contributed by atoms with Crippen LogP contribution in [0.4, 0.5) is 0 Å². The fourth-order valence-electron chi connectivity index (χ4n) is 1.84. The number of nitrogens with zero attached hydrogens (tertiary/aromatic N) is 1. The standard InChI is InChI=1S/C12H17N3/c1-8-3-4-10(7-9(8)2)11-5-6-14-12(13)15-11/h3-4,7,11H,5-6H2,1-2H3,(H3,13,14,15). The highest BCUT2D eigenvalue weighted by Crippen LogP contribution is 2.21. The van der Waals surface area contributed by atoms with Crippen LogP contribution >= 0.6 is 0 Å². The van der Waals surface area contributed by atoms with E-state index in [1.54, 1.807) is 0 Å². The zero-order chi connectivity index (χ0) is 10.8. The molecule has 1 aromatic carbocycles. The highest BCUT2D eigenvalue weighted by atomic mass is 15.1. The minimum atomic E-state index is 0.321. The number of hydrogen-bond acceptors (Lipinski definition) is 3. The van der Waals surface area contributed by atoms with Gasteiger partial charge in [-0.25, -0.2) is 0 Å². The Kier molecular flexibility index (Phi) is 2.62. The molecule has 3 N–H and O–H groups in total. The summed E-state index contributed by atoms with van der Waals surface area (Å²) < 4.78 is 0. The van der Waals surface area contributed by atoms with Gasteiger partial charge in [0.15, 0.2) is 5.96 Å². The summed E-state index contributed by atoms with van der Waals surface area (Å²) >= 11 is 0. The van der Waals surface area contributed by atoms with Crippen LogP contribution in [0.25, 0.3) is 0 Å². The lowest BCUT2D eigenvalue weighted by molar-refractivity contribution is 0.568. The summed E-state index contributed by atoms with van der Waals surface area (Å²) in [4.78, 5) is 4.13. The van der Waals surface area contributed by atoms with E-state index in [0.29, 0.717) is 12.0 Å². The minimum absolute atomic E-state index is 0.321. The molecule has 0 aromatic heterocycles. The van der Waals surface area contributed by atoms with Gasteiger partial charge >= 0.3 is 0 Å². The lowest BCUT2D eigenvalue weighted by Crippen LogP contribution is -2.38. The monoisotopic (exact) mass is 203 g/mol. The van der Waals surface area contributed by atoms with Crippen LogP contribution < -0.4 is 11.1 Å². The van der Waals surface area contributed by atoms with Gasteiger partial charge in [0.05, 0.1) is 6.04 Å². The van der Waals surface area contributed by atoms with Crippen molar-refractivity contribution >= 4 is 5.96 Å². The van der Waals surface area contributed by atoms with Crippen LogP contribution in [0.5, 0.6) is 0 Å². The normalized spacial score (nSPS) is 20.7. The first-order valence-corrected chi connectivity index (χ1v) is 5.30. The van der Waals surface area contributed by atoms with Crippen LogP contribution in [-0.2, 0) is 0 Å². The molecule has 1 aliphatic rings. The average Bonchev–Trinajstić information content (AvgIpc) is 2.22. The molecule has 80 valence electrons. The number of aliphatic imine (C=N–C) groups is 1. The van der Waals surface area contributed by atoms with E-state index in [1.165, 1.54) is 16.7 Å². The first-order chi connectivity index (χ1) is 7.16. The Labute approximate surface area is 90.4 Å². The smallest absolute Gasteiger partial charge is 0.189 e. The topological polar surface area (TPSA) is 50.4 Å². The summed E-state index contributed by atoms with van der Waals surface area (Å²) in [5, 5.41) is 3.21. The van der Waals surface area contributed by atoms with Gasteiger partial charge in [0.25, 0.3) is 0 Å². The van der Waals surface area contributed by atoms with Crippen molar-refractivity contribution in [2.75, 3.05) is 6.54 Å². The van der Waals surface area contributed by atoms with Gasteiger partial charge in [0.2, 0.25) is 0 Å². The Balaban J connectivity index is 2.23. The highest BCUT2D eigenvalue weighted by molar-refractivity contribution is 5.78. The second-order valence-electron chi connectivity index (χ2n) is 4.10. The van der Waals surface area contributed by atoms with E-state index in [-0.39, 0.29) is 0 Å². The van der Waals surface area contributed by atoms with Gasteiger partial charge in [0, 0.05) is 6.54 Å². The van der Waals surface area contributed by atoms with E-state index in [4.69, 9.17) is 5.73 Å². The number of nitrogens with one attached hydrogen (secondary N) is 1. The van der Waals surface area contributed by atoms with Crippen molar-refractivity contribution in [3.8, 4) is 0 Å². The summed E-state index contributed by atoms with van der Waals surface area (Å²) in [6.07, 6.45) is 1.02. The van der Waals surface area contributed by atoms with Gasteiger partial charge in [-0.2, -0.15) is 0 Å². The van der Waals surface area contributed by atoms with Crippen LogP contribution in [0.1, 0.15) is 29.2 Å². The van der Waals surface area contributed by atoms with Gasteiger partial charge in [0.1, 0.15) is 0 Å². The molecule has 3 nitrogen and oxygen atoms in total. The summed E-state index contributed by atoms with van der Waals surface area (Å²) in [5.41, 5.74) is 9.63. The van der Waals surface area contributed by atoms with Crippen LogP contribution in [0.3, 0.4) is 0 Å². The fraction of sp³-hybridized carbons (Fsp3) is 0.417. The quantitative estimate of drug-likeness (QED) is 0.729. The number of hydrogen-bond donors (Lipinski definition) is 2. The van der Waals surface area contributed by atoms with Crippen LogP contribution in [0, 0.1) is 13.8 Å². The number of aryl methyl sites for hydroxylation is 2. The number of rotatable bonds is 1. The summed E-state index contributed by atoms with van der Waals surface area (Å²) in [5.74, 6) is 0.560. The minimum Gasteiger partial charge on any atom is -0.370 e. The molecular weight excluding hydrogens is 186 g/mol. The summed E-state index contributed by atoms with van der Waals surface area (Å²) in [6, 6.07) is 6.88. The van der Waals surface area contributed by atoms with Gasteiger partial charge in [-0.1, -0.05) is 18.2 Å². The molecule has 1 aliphatic heterocycles. The predicted molar refractivity (Wildman–Crippen MR) is 62.9 cm³/mol. The van der Waals surface area contributed by atoms with Crippen LogP contribution in [-0.4, -0.2) is 12.5 Å². The molecule has 0 saturated carbocycles. The van der Waals surface area contributed by atoms with E-state index >= 15 is 0 Å². The second kappa shape index (κ2) is 3.93. The third kappa shape index (κ3) is 2.12. The van der Waals surface area contributed by atoms with Gasteiger partial charge in [-0.15, -0.1) is 0 Å². The Hall–Kier alpha value is -1.51. The Morgan fingerprint density at radius 3 is 2.80 bits per heavy atom. The van der Waals surface area contributed by atoms with Crippen molar-refractivity contribution in [3.63, 3.8) is 0 Å². The Morgan fingerprint density at radius 2 is 2.13 bits per heavy atom. The molecular formula is C12H17N3. The summed E-state index contributed by atoms with van der Waals surface area (Å²) in [6.45, 7) is 5.08. The molecule has 3 heteroatoms. The van der Waals surface area contributed by atoms with Gasteiger partial charge in [-0.05, 0) is 37.0 Å². The van der Waals surface area contributed by atoms with Gasteiger partial charge in [-0.3, -0.25) is 4.99 Å². The maximum Gasteiger partial charge on any atom is 0.189 e. The maximum atomic E-state index is 5.67. The molecule has 1 atom stereocenters. The number of nitrogens with two attached hydrogens (primary N) is 1. The average molecular weight is 203 g/mol. The molecule has 1 heterocycles. The van der Waals surface area contributed by atoms with Crippen molar-refractivity contribution in [1.29, 1.82) is 0 Å². The van der Waals surface area contributed by atoms with Crippen molar-refractivity contribution in [2.45, 2.75) is 26.3 Å². The Morgan fingerprint density at radius 1 is 1.33 bits per heavy atom. The third-order valence-corrected chi connectivity index (χ3v) is 2.96. The predicted octanol–water partition coefficient (Wildman–Crippen LogP) is 1.65. The van der Waals surface area contributed by atoms with E-state index < -0.39 is 0 Å². The molecule has 0 saturated heterocycles. The first kappa shape index (κ1) is 10.0. The van der Waals surface area contributed by atoms with Crippen molar-refractivity contribution in [2.24, 2.45) is 10.7 Å². The van der Waals surface area contributed by atoms with Crippen molar-refractivity contribution in [3.05, 3.63) is 34.9 Å². The molecule has 0 amide bonds. The van der Waals surface area contributed by atoms with Gasteiger partial charge < -0.3 is 11.1 Å². The molecule has 2 rings (SSSR count). The van der Waals surface area contributed by atoms with Crippen LogP contribution in [0.15, 0.2) is 23.2 Å². The van der Waals surface area contributed by atoms with E-state index in [1.807, 2.05) is 0 Å². The number of benzene rings is 1. The molecule has 1 aromatic rings. The lowest BCUT2D eigenvalue weighted by Gasteiger charge is -2.23. The van der Waals surface area contributed by atoms with Crippen molar-refractivity contribution < 1.29 is 0 Å². The number of guanidine groups is 1. The van der Waals surface area contributed by atoms with Crippen molar-refractivity contribution in [1.82, 2.24) is 5.32 Å². The molecule has 0 aliphatic carbocycles. The molecule has 0 spiro atoms. The molecule has 0 radical (unpaired) electrons. The van der Waals surface area contributed by atoms with E-state index in [2.05, 4.69) is 42.4 Å².